The quantitative estimate of drug-likeness (QED) is 0.908. The summed E-state index contributed by atoms with van der Waals surface area (Å²) in [5, 5.41) is 8.14. The molecule has 1 saturated heterocycles. The van der Waals surface area contributed by atoms with Gasteiger partial charge in [-0.15, -0.1) is 0 Å². The molecule has 130 valence electrons. The predicted octanol–water partition coefficient (Wildman–Crippen LogP) is 1.45. The standard InChI is InChI=1S/C18H21N5O2/c24-17-7-6-13(11-4-5-11)22-23(17)16-9-25-8-15(16)21-18-12-2-1-3-14(12)19-10-20-18/h6-7,10-11,15-16H,1-5,8-9H2,(H,19,20,21). The highest BCUT2D eigenvalue weighted by Gasteiger charge is 2.34. The first-order chi connectivity index (χ1) is 12.3. The van der Waals surface area contributed by atoms with Crippen LogP contribution in [0.25, 0.3) is 0 Å². The smallest absolute Gasteiger partial charge is 0.267 e. The summed E-state index contributed by atoms with van der Waals surface area (Å²) in [5.41, 5.74) is 3.30. The Morgan fingerprint density at radius 3 is 2.96 bits per heavy atom. The van der Waals surface area contributed by atoms with E-state index in [0.29, 0.717) is 19.1 Å². The lowest BCUT2D eigenvalue weighted by Gasteiger charge is -2.22. The molecule has 2 aliphatic carbocycles. The molecule has 0 radical (unpaired) electrons. The monoisotopic (exact) mass is 339 g/mol. The minimum Gasteiger partial charge on any atom is -0.377 e. The number of nitrogens with zero attached hydrogens (tertiary/aromatic N) is 4. The number of aromatic nitrogens is 4. The molecule has 2 aromatic rings. The van der Waals surface area contributed by atoms with Gasteiger partial charge in [0.2, 0.25) is 0 Å². The zero-order valence-corrected chi connectivity index (χ0v) is 14.0. The van der Waals surface area contributed by atoms with E-state index >= 15 is 0 Å². The van der Waals surface area contributed by atoms with E-state index in [2.05, 4.69) is 20.4 Å². The third-order valence-corrected chi connectivity index (χ3v) is 5.40. The average Bonchev–Trinajstić information content (AvgIpc) is 3.17. The number of hydrogen-bond acceptors (Lipinski definition) is 6. The van der Waals surface area contributed by atoms with Crippen molar-refractivity contribution in [3.8, 4) is 0 Å². The van der Waals surface area contributed by atoms with Crippen molar-refractivity contribution in [3.63, 3.8) is 0 Å². The first-order valence-electron chi connectivity index (χ1n) is 9.06. The number of hydrogen-bond donors (Lipinski definition) is 1. The lowest BCUT2D eigenvalue weighted by atomic mass is 10.1. The van der Waals surface area contributed by atoms with Gasteiger partial charge in [-0.25, -0.2) is 14.6 Å². The molecule has 3 heterocycles. The Morgan fingerprint density at radius 1 is 1.16 bits per heavy atom. The second-order valence-corrected chi connectivity index (χ2v) is 7.17. The fraction of sp³-hybridized carbons (Fsp3) is 0.556. The molecule has 2 atom stereocenters. The fourth-order valence-electron chi connectivity index (χ4n) is 3.86. The van der Waals surface area contributed by atoms with Crippen LogP contribution in [-0.4, -0.2) is 39.0 Å². The second-order valence-electron chi connectivity index (χ2n) is 7.17. The van der Waals surface area contributed by atoms with E-state index in [-0.39, 0.29) is 17.6 Å². The van der Waals surface area contributed by atoms with Crippen LogP contribution in [0.2, 0.25) is 0 Å². The molecular weight excluding hydrogens is 318 g/mol. The SMILES string of the molecule is O=c1ccc(C2CC2)nn1C1COCC1Nc1ncnc2c1CCC2. The maximum Gasteiger partial charge on any atom is 0.267 e. The van der Waals surface area contributed by atoms with Gasteiger partial charge in [-0.3, -0.25) is 4.79 Å². The molecule has 1 aliphatic heterocycles. The number of anilines is 1. The summed E-state index contributed by atoms with van der Waals surface area (Å²) in [6.07, 6.45) is 7.10. The molecular formula is C18H21N5O2. The number of nitrogens with one attached hydrogen (secondary N) is 1. The lowest BCUT2D eigenvalue weighted by molar-refractivity contribution is 0.182. The van der Waals surface area contributed by atoms with Crippen molar-refractivity contribution in [2.75, 3.05) is 18.5 Å². The molecule has 2 unspecified atom stereocenters. The van der Waals surface area contributed by atoms with Gasteiger partial charge in [0.05, 0.1) is 24.9 Å². The van der Waals surface area contributed by atoms with Crippen LogP contribution in [0.5, 0.6) is 0 Å². The lowest BCUT2D eigenvalue weighted by Crippen LogP contribution is -2.37. The van der Waals surface area contributed by atoms with Crippen molar-refractivity contribution in [1.82, 2.24) is 19.7 Å². The van der Waals surface area contributed by atoms with Gasteiger partial charge >= 0.3 is 0 Å². The molecule has 0 aromatic carbocycles. The third-order valence-electron chi connectivity index (χ3n) is 5.40. The van der Waals surface area contributed by atoms with Crippen LogP contribution in [0.15, 0.2) is 23.3 Å². The summed E-state index contributed by atoms with van der Waals surface area (Å²) < 4.78 is 7.29. The van der Waals surface area contributed by atoms with Crippen LogP contribution in [0.3, 0.4) is 0 Å². The Labute approximate surface area is 145 Å². The summed E-state index contributed by atoms with van der Waals surface area (Å²) in [4.78, 5) is 21.2. The Kier molecular flexibility index (Phi) is 3.55. The van der Waals surface area contributed by atoms with Gasteiger partial charge in [0.1, 0.15) is 18.2 Å². The molecule has 3 aliphatic rings. The van der Waals surface area contributed by atoms with E-state index < -0.39 is 0 Å². The zero-order valence-electron chi connectivity index (χ0n) is 14.0. The Morgan fingerprint density at radius 2 is 2.08 bits per heavy atom. The van der Waals surface area contributed by atoms with Crippen LogP contribution >= 0.6 is 0 Å². The Balaban J connectivity index is 1.44. The Bertz CT molecular complexity index is 861. The summed E-state index contributed by atoms with van der Waals surface area (Å²) in [6.45, 7) is 1.04. The van der Waals surface area contributed by atoms with Crippen LogP contribution in [-0.2, 0) is 17.6 Å². The van der Waals surface area contributed by atoms with Crippen molar-refractivity contribution in [2.24, 2.45) is 0 Å². The fourth-order valence-corrected chi connectivity index (χ4v) is 3.86. The maximum atomic E-state index is 12.4. The topological polar surface area (TPSA) is 81.9 Å². The summed E-state index contributed by atoms with van der Waals surface area (Å²) in [7, 11) is 0. The molecule has 7 heteroatoms. The van der Waals surface area contributed by atoms with Crippen molar-refractivity contribution < 1.29 is 4.74 Å². The highest BCUT2D eigenvalue weighted by molar-refractivity contribution is 5.49. The average molecular weight is 339 g/mol. The second kappa shape index (κ2) is 5.91. The van der Waals surface area contributed by atoms with Crippen molar-refractivity contribution in [3.05, 3.63) is 45.8 Å². The zero-order chi connectivity index (χ0) is 16.8. The van der Waals surface area contributed by atoms with Crippen molar-refractivity contribution >= 4 is 5.82 Å². The first kappa shape index (κ1) is 15.0. The van der Waals surface area contributed by atoms with Gasteiger partial charge in [-0.2, -0.15) is 5.10 Å². The van der Waals surface area contributed by atoms with Crippen LogP contribution in [0, 0.1) is 0 Å². The van der Waals surface area contributed by atoms with Crippen molar-refractivity contribution in [1.29, 1.82) is 0 Å². The summed E-state index contributed by atoms with van der Waals surface area (Å²) in [6, 6.07) is 3.38. The predicted molar refractivity (Wildman–Crippen MR) is 91.8 cm³/mol. The molecule has 2 fully saturated rings. The van der Waals surface area contributed by atoms with Gasteiger partial charge in [-0.1, -0.05) is 0 Å². The van der Waals surface area contributed by atoms with Gasteiger partial charge in [0, 0.05) is 23.2 Å². The number of aryl methyl sites for hydroxylation is 1. The minimum absolute atomic E-state index is 0.0146. The molecule has 1 N–H and O–H groups in total. The number of rotatable bonds is 4. The van der Waals surface area contributed by atoms with E-state index in [9.17, 15) is 4.79 Å². The molecule has 0 spiro atoms. The van der Waals surface area contributed by atoms with Crippen LogP contribution in [0.4, 0.5) is 5.82 Å². The van der Waals surface area contributed by atoms with Crippen LogP contribution < -0.4 is 10.9 Å². The molecule has 25 heavy (non-hydrogen) atoms. The normalized spacial score (nSPS) is 25.1. The largest absolute Gasteiger partial charge is 0.377 e. The number of fused-ring (bicyclic) bond motifs is 1. The highest BCUT2D eigenvalue weighted by Crippen LogP contribution is 2.38. The molecule has 0 bridgehead atoms. The first-order valence-corrected chi connectivity index (χ1v) is 9.06. The summed E-state index contributed by atoms with van der Waals surface area (Å²) in [5.74, 6) is 1.40. The highest BCUT2D eigenvalue weighted by atomic mass is 16.5. The van der Waals surface area contributed by atoms with Crippen LogP contribution in [0.1, 0.15) is 48.2 Å². The molecule has 5 rings (SSSR count). The van der Waals surface area contributed by atoms with Gasteiger partial charge < -0.3 is 10.1 Å². The molecule has 0 amide bonds. The van der Waals surface area contributed by atoms with E-state index in [1.807, 2.05) is 6.07 Å². The van der Waals surface area contributed by atoms with E-state index in [0.717, 1.165) is 36.5 Å². The third kappa shape index (κ3) is 2.72. The Hall–Kier alpha value is -2.28. The van der Waals surface area contributed by atoms with Gasteiger partial charge in [-0.05, 0) is 38.2 Å². The minimum atomic E-state index is -0.113. The van der Waals surface area contributed by atoms with Gasteiger partial charge in [0.15, 0.2) is 0 Å². The van der Waals surface area contributed by atoms with E-state index in [1.54, 1.807) is 17.1 Å². The van der Waals surface area contributed by atoms with E-state index in [4.69, 9.17) is 4.74 Å². The summed E-state index contributed by atoms with van der Waals surface area (Å²) >= 11 is 0. The number of ether oxygens (including phenoxy) is 1. The molecule has 7 nitrogen and oxygen atoms in total. The maximum absolute atomic E-state index is 12.4. The van der Waals surface area contributed by atoms with Gasteiger partial charge in [0.25, 0.3) is 5.56 Å². The van der Waals surface area contributed by atoms with Crippen molar-refractivity contribution in [2.45, 2.75) is 50.1 Å². The molecule has 2 aromatic heterocycles. The van der Waals surface area contributed by atoms with E-state index in [1.165, 1.54) is 18.4 Å². The molecule has 1 saturated carbocycles.